The minimum Gasteiger partial charge on any atom is -0.465 e. The Labute approximate surface area is 117 Å². The van der Waals surface area contributed by atoms with Crippen molar-refractivity contribution in [1.82, 2.24) is 14.9 Å². The molecule has 1 atom stereocenters. The lowest BCUT2D eigenvalue weighted by Crippen LogP contribution is -2.56. The zero-order chi connectivity index (χ0) is 15.6. The number of carboxylic acid groups (broad SMARTS) is 1. The van der Waals surface area contributed by atoms with Crippen molar-refractivity contribution >= 4 is 12.0 Å². The Bertz CT molecular complexity index is 508. The van der Waals surface area contributed by atoms with Gasteiger partial charge in [-0.3, -0.25) is 0 Å². The second kappa shape index (κ2) is 5.72. The Hall–Kier alpha value is -2.10. The fourth-order valence-electron chi connectivity index (χ4n) is 2.06. The molecular weight excluding hydrogens is 293 g/mol. The fourth-order valence-corrected chi connectivity index (χ4v) is 2.06. The van der Waals surface area contributed by atoms with Crippen LogP contribution in [0.5, 0.6) is 0 Å². The highest BCUT2D eigenvalue weighted by Gasteiger charge is 2.33. The van der Waals surface area contributed by atoms with E-state index in [1.807, 2.05) is 0 Å². The van der Waals surface area contributed by atoms with Crippen LogP contribution in [-0.2, 0) is 6.18 Å². The molecule has 0 unspecified atom stereocenters. The molecule has 7 nitrogen and oxygen atoms in total. The smallest absolute Gasteiger partial charge is 0.419 e. The molecule has 1 amide bonds. The molecule has 0 bridgehead atoms. The van der Waals surface area contributed by atoms with Crippen LogP contribution in [0.4, 0.5) is 23.9 Å². The zero-order valence-corrected chi connectivity index (χ0v) is 10.8. The van der Waals surface area contributed by atoms with Crippen molar-refractivity contribution < 1.29 is 28.2 Å². The fraction of sp³-hybridized carbons (Fsp3) is 0.545. The Morgan fingerprint density at radius 2 is 1.95 bits per heavy atom. The van der Waals surface area contributed by atoms with Gasteiger partial charge < -0.3 is 20.0 Å². The molecular formula is C11H13F3N4O3. The second-order valence-corrected chi connectivity index (χ2v) is 4.53. The predicted molar refractivity (Wildman–Crippen MR) is 64.9 cm³/mol. The van der Waals surface area contributed by atoms with Crippen LogP contribution in [-0.4, -0.2) is 63.5 Å². The van der Waals surface area contributed by atoms with E-state index in [1.165, 1.54) is 4.90 Å². The number of anilines is 1. The van der Waals surface area contributed by atoms with E-state index in [4.69, 9.17) is 5.11 Å². The van der Waals surface area contributed by atoms with Gasteiger partial charge in [-0.1, -0.05) is 0 Å². The van der Waals surface area contributed by atoms with Gasteiger partial charge in [0.25, 0.3) is 0 Å². The minimum atomic E-state index is -4.52. The molecule has 1 aliphatic rings. The average molecular weight is 306 g/mol. The number of aliphatic hydroxyl groups is 1. The summed E-state index contributed by atoms with van der Waals surface area (Å²) in [4.78, 5) is 20.8. The first-order valence-corrected chi connectivity index (χ1v) is 6.07. The van der Waals surface area contributed by atoms with E-state index in [0.717, 1.165) is 4.90 Å². The van der Waals surface area contributed by atoms with Crippen molar-refractivity contribution in [2.45, 2.75) is 12.2 Å². The van der Waals surface area contributed by atoms with Crippen LogP contribution in [0.1, 0.15) is 5.56 Å². The summed E-state index contributed by atoms with van der Waals surface area (Å²) in [5.41, 5.74) is -0.962. The Morgan fingerprint density at radius 1 is 1.33 bits per heavy atom. The van der Waals surface area contributed by atoms with E-state index in [2.05, 4.69) is 9.97 Å². The maximum absolute atomic E-state index is 12.4. The van der Waals surface area contributed by atoms with Gasteiger partial charge in [0.15, 0.2) is 0 Å². The van der Waals surface area contributed by atoms with Crippen LogP contribution in [0, 0.1) is 0 Å². The van der Waals surface area contributed by atoms with Crippen LogP contribution in [0.15, 0.2) is 12.4 Å². The topological polar surface area (TPSA) is 89.8 Å². The van der Waals surface area contributed by atoms with Crippen molar-refractivity contribution in [2.24, 2.45) is 0 Å². The lowest BCUT2D eigenvalue weighted by Gasteiger charge is -2.39. The lowest BCUT2D eigenvalue weighted by molar-refractivity contribution is -0.138. The quantitative estimate of drug-likeness (QED) is 0.834. The number of aromatic nitrogens is 2. The number of carbonyl (C=O) groups is 1. The Morgan fingerprint density at radius 3 is 2.43 bits per heavy atom. The van der Waals surface area contributed by atoms with Crippen LogP contribution < -0.4 is 4.90 Å². The predicted octanol–water partition coefficient (Wildman–Crippen LogP) is 0.656. The largest absolute Gasteiger partial charge is 0.465 e. The number of hydrogen-bond donors (Lipinski definition) is 2. The number of aliphatic hydroxyl groups excluding tert-OH is 1. The van der Waals surface area contributed by atoms with Crippen molar-refractivity contribution in [3.63, 3.8) is 0 Å². The van der Waals surface area contributed by atoms with Gasteiger partial charge in [0.1, 0.15) is 0 Å². The molecule has 2 rings (SSSR count). The number of hydrogen-bond acceptors (Lipinski definition) is 5. The van der Waals surface area contributed by atoms with Crippen LogP contribution in [0.25, 0.3) is 0 Å². The van der Waals surface area contributed by atoms with E-state index >= 15 is 0 Å². The van der Waals surface area contributed by atoms with Gasteiger partial charge in [0.2, 0.25) is 5.95 Å². The van der Waals surface area contributed by atoms with Gasteiger partial charge in [-0.2, -0.15) is 13.2 Å². The molecule has 1 aliphatic heterocycles. The molecule has 1 aromatic heterocycles. The van der Waals surface area contributed by atoms with Gasteiger partial charge in [-0.15, -0.1) is 0 Å². The molecule has 0 radical (unpaired) electrons. The highest BCUT2D eigenvalue weighted by molar-refractivity contribution is 5.65. The van der Waals surface area contributed by atoms with Crippen molar-refractivity contribution in [1.29, 1.82) is 0 Å². The summed E-state index contributed by atoms with van der Waals surface area (Å²) < 4.78 is 37.3. The van der Waals surface area contributed by atoms with E-state index in [0.29, 0.717) is 12.4 Å². The van der Waals surface area contributed by atoms with Crippen LogP contribution >= 0.6 is 0 Å². The van der Waals surface area contributed by atoms with E-state index < -0.39 is 23.9 Å². The van der Waals surface area contributed by atoms with Gasteiger partial charge in [0, 0.05) is 32.0 Å². The van der Waals surface area contributed by atoms with E-state index in [1.54, 1.807) is 0 Å². The minimum absolute atomic E-state index is 0.0343. The summed E-state index contributed by atoms with van der Waals surface area (Å²) in [5.74, 6) is 0.0343. The molecule has 0 aromatic carbocycles. The number of nitrogens with zero attached hydrogens (tertiary/aromatic N) is 4. The maximum atomic E-state index is 12.4. The monoisotopic (exact) mass is 306 g/mol. The molecule has 0 saturated carbocycles. The molecule has 0 aliphatic carbocycles. The molecule has 1 aromatic rings. The Kier molecular flexibility index (Phi) is 4.16. The maximum Gasteiger partial charge on any atom is 0.419 e. The summed E-state index contributed by atoms with van der Waals surface area (Å²) in [6.07, 6.45) is -4.29. The summed E-state index contributed by atoms with van der Waals surface area (Å²) in [6.45, 7) is 0.0451. The van der Waals surface area contributed by atoms with Crippen molar-refractivity contribution in [3.05, 3.63) is 18.0 Å². The molecule has 21 heavy (non-hydrogen) atoms. The third kappa shape index (κ3) is 3.32. The van der Waals surface area contributed by atoms with Crippen molar-refractivity contribution in [2.75, 3.05) is 31.1 Å². The zero-order valence-electron chi connectivity index (χ0n) is 10.8. The summed E-state index contributed by atoms with van der Waals surface area (Å²) in [7, 11) is 0. The van der Waals surface area contributed by atoms with Crippen molar-refractivity contribution in [3.8, 4) is 0 Å². The lowest BCUT2D eigenvalue weighted by atomic mass is 10.2. The molecule has 0 spiro atoms. The highest BCUT2D eigenvalue weighted by Crippen LogP contribution is 2.28. The Balaban J connectivity index is 2.16. The first-order chi connectivity index (χ1) is 9.82. The average Bonchev–Trinajstić information content (AvgIpc) is 2.45. The number of halogens is 3. The van der Waals surface area contributed by atoms with Gasteiger partial charge >= 0.3 is 12.3 Å². The van der Waals surface area contributed by atoms with Gasteiger partial charge in [-0.25, -0.2) is 14.8 Å². The second-order valence-electron chi connectivity index (χ2n) is 4.53. The molecule has 1 fully saturated rings. The number of amides is 1. The number of piperazine rings is 1. The number of alkyl halides is 3. The standard InChI is InChI=1S/C11H13F3N4O3/c12-11(13,14)7-3-15-9(16-4-7)18-2-1-17(10(20)21)5-8(18)6-19/h3-4,8,19H,1-2,5-6H2,(H,20,21)/t8-/m1/s1. The highest BCUT2D eigenvalue weighted by atomic mass is 19.4. The van der Waals surface area contributed by atoms with E-state index in [9.17, 15) is 23.1 Å². The van der Waals surface area contributed by atoms with E-state index in [-0.39, 0.29) is 32.2 Å². The molecule has 1 saturated heterocycles. The molecule has 2 N–H and O–H groups in total. The number of rotatable bonds is 2. The molecule has 10 heteroatoms. The summed E-state index contributed by atoms with van der Waals surface area (Å²) in [5, 5.41) is 18.2. The third-order valence-electron chi connectivity index (χ3n) is 3.19. The van der Waals surface area contributed by atoms with Gasteiger partial charge in [0.05, 0.1) is 18.2 Å². The molecule has 116 valence electrons. The summed E-state index contributed by atoms with van der Waals surface area (Å²) >= 11 is 0. The first-order valence-electron chi connectivity index (χ1n) is 6.07. The van der Waals surface area contributed by atoms with Crippen LogP contribution in [0.3, 0.4) is 0 Å². The van der Waals surface area contributed by atoms with Gasteiger partial charge in [-0.05, 0) is 0 Å². The normalized spacial score (nSPS) is 19.7. The van der Waals surface area contributed by atoms with Crippen LogP contribution in [0.2, 0.25) is 0 Å². The summed E-state index contributed by atoms with van der Waals surface area (Å²) in [6, 6.07) is -0.591. The SMILES string of the molecule is O=C(O)N1CCN(c2ncc(C(F)(F)F)cn2)[C@@H](CO)C1. The molecule has 2 heterocycles. The first kappa shape index (κ1) is 15.3. The third-order valence-corrected chi connectivity index (χ3v) is 3.19.